The maximum atomic E-state index is 12.2. The van der Waals surface area contributed by atoms with Crippen molar-refractivity contribution in [3.63, 3.8) is 0 Å². The van der Waals surface area contributed by atoms with Crippen molar-refractivity contribution < 1.29 is 19.2 Å². The third-order valence-electron chi connectivity index (χ3n) is 3.35. The molecule has 1 aromatic rings. The number of benzene rings is 1. The van der Waals surface area contributed by atoms with Crippen molar-refractivity contribution in [3.05, 3.63) is 35.4 Å². The summed E-state index contributed by atoms with van der Waals surface area (Å²) in [5, 5.41) is 2.15. The van der Waals surface area contributed by atoms with E-state index in [0.29, 0.717) is 11.1 Å². The van der Waals surface area contributed by atoms with Gasteiger partial charge in [-0.05, 0) is 18.6 Å². The number of hydrogen-bond donors (Lipinski definition) is 1. The molecule has 3 rings (SSSR count). The molecular formula is C13H12N2O4Pb. The second kappa shape index (κ2) is 5.43. The Morgan fingerprint density at radius 3 is 2.05 bits per heavy atom. The maximum absolute atomic E-state index is 12.2. The first kappa shape index (κ1) is 14.8. The second-order valence-corrected chi connectivity index (χ2v) is 4.49. The molecule has 20 heavy (non-hydrogen) atoms. The van der Waals surface area contributed by atoms with E-state index in [2.05, 4.69) is 5.32 Å². The van der Waals surface area contributed by atoms with Crippen LogP contribution in [0.4, 0.5) is 0 Å². The van der Waals surface area contributed by atoms with Gasteiger partial charge in [-0.2, -0.15) is 0 Å². The summed E-state index contributed by atoms with van der Waals surface area (Å²) in [6.07, 6.45) is 0.306. The minimum atomic E-state index is -0.898. The van der Waals surface area contributed by atoms with Gasteiger partial charge in [0.05, 0.1) is 11.1 Å². The first-order chi connectivity index (χ1) is 9.09. The van der Waals surface area contributed by atoms with Gasteiger partial charge >= 0.3 is 27.3 Å². The summed E-state index contributed by atoms with van der Waals surface area (Å²) in [7, 11) is 0. The normalized spacial score (nSPS) is 21.4. The van der Waals surface area contributed by atoms with Crippen molar-refractivity contribution in [1.82, 2.24) is 10.2 Å². The molecule has 2 aliphatic rings. The van der Waals surface area contributed by atoms with Crippen LogP contribution in [0.3, 0.4) is 0 Å². The fourth-order valence-electron chi connectivity index (χ4n) is 2.42. The van der Waals surface area contributed by atoms with Gasteiger partial charge in [0.15, 0.2) is 0 Å². The van der Waals surface area contributed by atoms with Crippen LogP contribution in [-0.4, -0.2) is 61.9 Å². The van der Waals surface area contributed by atoms with Gasteiger partial charge in [0.25, 0.3) is 11.8 Å². The van der Waals surface area contributed by atoms with Crippen molar-refractivity contribution in [1.29, 1.82) is 0 Å². The van der Waals surface area contributed by atoms with E-state index in [-0.39, 0.29) is 46.0 Å². The summed E-state index contributed by atoms with van der Waals surface area (Å²) >= 11 is 0. The third kappa shape index (κ3) is 2.17. The number of rotatable bonds is 1. The number of hydrogen-bond acceptors (Lipinski definition) is 4. The summed E-state index contributed by atoms with van der Waals surface area (Å²) in [6.45, 7) is 0. The zero-order valence-electron chi connectivity index (χ0n) is 10.6. The summed E-state index contributed by atoms with van der Waals surface area (Å²) < 4.78 is 0. The molecule has 102 valence electrons. The molecule has 0 aromatic heterocycles. The molecule has 1 fully saturated rings. The predicted molar refractivity (Wildman–Crippen MR) is 71.7 cm³/mol. The SMILES string of the molecule is O=C1CCC(N2C(=O)c3ccccc3C2=O)C(=O)N1.[PbH2]. The van der Waals surface area contributed by atoms with E-state index in [1.807, 2.05) is 0 Å². The van der Waals surface area contributed by atoms with Crippen LogP contribution in [0.15, 0.2) is 24.3 Å². The van der Waals surface area contributed by atoms with Crippen LogP contribution in [0.25, 0.3) is 0 Å². The molecule has 1 atom stereocenters. The van der Waals surface area contributed by atoms with Crippen molar-refractivity contribution in [3.8, 4) is 0 Å². The van der Waals surface area contributed by atoms with Crippen LogP contribution >= 0.6 is 0 Å². The van der Waals surface area contributed by atoms with Gasteiger partial charge in [0.2, 0.25) is 11.8 Å². The number of fused-ring (bicyclic) bond motifs is 1. The molecule has 0 aliphatic carbocycles. The van der Waals surface area contributed by atoms with Gasteiger partial charge in [-0.15, -0.1) is 0 Å². The fraction of sp³-hybridized carbons (Fsp3) is 0.231. The number of carbonyl (C=O) groups is 4. The van der Waals surface area contributed by atoms with E-state index in [4.69, 9.17) is 0 Å². The Morgan fingerprint density at radius 1 is 1.00 bits per heavy atom. The number of amides is 4. The molecule has 0 bridgehead atoms. The summed E-state index contributed by atoms with van der Waals surface area (Å²) in [4.78, 5) is 48.1. The number of piperidine rings is 1. The van der Waals surface area contributed by atoms with E-state index in [9.17, 15) is 19.2 Å². The minimum absolute atomic E-state index is 0. The van der Waals surface area contributed by atoms with E-state index in [1.54, 1.807) is 24.3 Å². The van der Waals surface area contributed by atoms with Crippen LogP contribution < -0.4 is 5.32 Å². The van der Waals surface area contributed by atoms with Crippen LogP contribution in [0.5, 0.6) is 0 Å². The Morgan fingerprint density at radius 2 is 1.55 bits per heavy atom. The number of carbonyl (C=O) groups excluding carboxylic acids is 4. The second-order valence-electron chi connectivity index (χ2n) is 4.49. The molecule has 2 aliphatic heterocycles. The molecule has 4 amide bonds. The molecule has 0 saturated carbocycles. The van der Waals surface area contributed by atoms with E-state index in [0.717, 1.165) is 4.90 Å². The third-order valence-corrected chi connectivity index (χ3v) is 3.35. The topological polar surface area (TPSA) is 83.6 Å². The Labute approximate surface area is 134 Å². The van der Waals surface area contributed by atoms with Gasteiger partial charge in [0.1, 0.15) is 6.04 Å². The summed E-state index contributed by atoms with van der Waals surface area (Å²) in [5.41, 5.74) is 0.606. The van der Waals surface area contributed by atoms with E-state index >= 15 is 0 Å². The summed E-state index contributed by atoms with van der Waals surface area (Å²) in [5.74, 6) is -1.92. The van der Waals surface area contributed by atoms with E-state index < -0.39 is 23.8 Å². The molecule has 1 unspecified atom stereocenters. The van der Waals surface area contributed by atoms with Gasteiger partial charge in [-0.25, -0.2) is 0 Å². The molecule has 1 saturated heterocycles. The first-order valence-corrected chi connectivity index (χ1v) is 5.90. The van der Waals surface area contributed by atoms with Crippen molar-refractivity contribution >= 4 is 50.9 Å². The van der Waals surface area contributed by atoms with Gasteiger partial charge in [-0.1, -0.05) is 12.1 Å². The molecule has 6 nitrogen and oxygen atoms in total. The predicted octanol–water partition coefficient (Wildman–Crippen LogP) is -0.828. The quantitative estimate of drug-likeness (QED) is 0.432. The Hall–Kier alpha value is -1.58. The molecule has 1 N–H and O–H groups in total. The first-order valence-electron chi connectivity index (χ1n) is 5.90. The van der Waals surface area contributed by atoms with Gasteiger partial charge < -0.3 is 0 Å². The molecule has 7 heteroatoms. The van der Waals surface area contributed by atoms with Crippen molar-refractivity contribution in [2.24, 2.45) is 0 Å². The fourth-order valence-corrected chi connectivity index (χ4v) is 2.42. The van der Waals surface area contributed by atoms with Crippen LogP contribution in [0, 0.1) is 0 Å². The summed E-state index contributed by atoms with van der Waals surface area (Å²) in [6, 6.07) is 5.55. The number of nitrogens with one attached hydrogen (secondary N) is 1. The average Bonchev–Trinajstić information content (AvgIpc) is 2.64. The molecule has 2 radical (unpaired) electrons. The Bertz CT molecular complexity index is 594. The van der Waals surface area contributed by atoms with Crippen LogP contribution in [0.1, 0.15) is 33.6 Å². The Kier molecular flexibility index (Phi) is 4.02. The van der Waals surface area contributed by atoms with Gasteiger partial charge in [-0.3, -0.25) is 29.4 Å². The van der Waals surface area contributed by atoms with Gasteiger partial charge in [0, 0.05) is 6.42 Å². The molecule has 0 spiro atoms. The zero-order valence-corrected chi connectivity index (χ0v) is 16.1. The van der Waals surface area contributed by atoms with Crippen LogP contribution in [0.2, 0.25) is 0 Å². The molecular weight excluding hydrogens is 455 g/mol. The van der Waals surface area contributed by atoms with E-state index in [1.165, 1.54) is 0 Å². The number of imide groups is 2. The zero-order chi connectivity index (χ0) is 13.6. The number of nitrogens with zero attached hydrogens (tertiary/aromatic N) is 1. The van der Waals surface area contributed by atoms with Crippen molar-refractivity contribution in [2.75, 3.05) is 0 Å². The monoisotopic (exact) mass is 468 g/mol. The van der Waals surface area contributed by atoms with Crippen molar-refractivity contribution in [2.45, 2.75) is 18.9 Å². The molecule has 1 aromatic carbocycles. The average molecular weight is 467 g/mol. The Balaban J connectivity index is 0.00000147. The molecule has 2 heterocycles. The standard InChI is InChI=1S/C13H10N2O4.Pb.2H/c16-10-6-5-9(11(17)14-10)15-12(18)7-3-1-2-4-8(7)13(15)19;;;/h1-4,9H,5-6H2,(H,14,16,17);;;. The van der Waals surface area contributed by atoms with Crippen LogP contribution in [-0.2, 0) is 9.59 Å².